The molecule has 164 valence electrons. The van der Waals surface area contributed by atoms with E-state index < -0.39 is 12.1 Å². The van der Waals surface area contributed by atoms with Crippen molar-refractivity contribution in [2.45, 2.75) is 38.1 Å². The van der Waals surface area contributed by atoms with Crippen molar-refractivity contribution in [3.05, 3.63) is 48.4 Å². The molecule has 3 aromatic rings. The molecular weight excluding hydrogens is 396 g/mol. The van der Waals surface area contributed by atoms with Crippen LogP contribution in [0.1, 0.15) is 44.0 Å². The van der Waals surface area contributed by atoms with Gasteiger partial charge in [-0.05, 0) is 41.8 Å². The average molecular weight is 425 g/mol. The number of carboxylic acid groups (broad SMARTS) is 1. The van der Waals surface area contributed by atoms with Crippen LogP contribution in [0.3, 0.4) is 0 Å². The number of H-pyrrole nitrogens is 1. The van der Waals surface area contributed by atoms with Gasteiger partial charge in [0.25, 0.3) is 0 Å². The highest BCUT2D eigenvalue weighted by Crippen LogP contribution is 2.27. The van der Waals surface area contributed by atoms with Gasteiger partial charge in [0.2, 0.25) is 5.91 Å². The number of unbranched alkanes of at least 4 members (excludes halogenated alkanes) is 2. The Morgan fingerprint density at radius 2 is 1.90 bits per heavy atom. The van der Waals surface area contributed by atoms with E-state index in [1.807, 2.05) is 30.3 Å². The van der Waals surface area contributed by atoms with Gasteiger partial charge in [0, 0.05) is 19.0 Å². The number of ether oxygens (including phenoxy) is 1. The molecule has 3 rings (SSSR count). The number of imidazole rings is 1. The SMILES string of the molecule is CNC(=O)CCCCCC(NC(=O)O)c1ncc(-c2ccc3cc(OC)ccc3c2)[nH]1. The average Bonchev–Trinajstić information content (AvgIpc) is 3.27. The molecule has 0 aliphatic heterocycles. The van der Waals surface area contributed by atoms with Gasteiger partial charge in [0.1, 0.15) is 11.6 Å². The summed E-state index contributed by atoms with van der Waals surface area (Å²) in [7, 11) is 3.27. The van der Waals surface area contributed by atoms with Crippen LogP contribution in [-0.2, 0) is 4.79 Å². The number of nitrogens with zero attached hydrogens (tertiary/aromatic N) is 1. The number of fused-ring (bicyclic) bond motifs is 1. The molecule has 1 aromatic heterocycles. The second kappa shape index (κ2) is 10.5. The molecule has 1 unspecified atom stereocenters. The quantitative estimate of drug-likeness (QED) is 0.363. The minimum atomic E-state index is -1.09. The summed E-state index contributed by atoms with van der Waals surface area (Å²) in [5.74, 6) is 1.41. The van der Waals surface area contributed by atoms with Crippen molar-refractivity contribution in [3.8, 4) is 17.0 Å². The van der Waals surface area contributed by atoms with Crippen molar-refractivity contribution < 1.29 is 19.4 Å². The molecule has 4 N–H and O–H groups in total. The fraction of sp³-hybridized carbons (Fsp3) is 0.348. The highest BCUT2D eigenvalue weighted by Gasteiger charge is 2.18. The maximum absolute atomic E-state index is 11.3. The van der Waals surface area contributed by atoms with Crippen LogP contribution < -0.4 is 15.4 Å². The van der Waals surface area contributed by atoms with Crippen molar-refractivity contribution in [2.24, 2.45) is 0 Å². The lowest BCUT2D eigenvalue weighted by molar-refractivity contribution is -0.120. The number of rotatable bonds is 10. The van der Waals surface area contributed by atoms with Gasteiger partial charge < -0.3 is 25.5 Å². The third-order valence-electron chi connectivity index (χ3n) is 5.26. The molecule has 31 heavy (non-hydrogen) atoms. The summed E-state index contributed by atoms with van der Waals surface area (Å²) in [6, 6.07) is 11.5. The van der Waals surface area contributed by atoms with Crippen LogP contribution in [0, 0.1) is 0 Å². The van der Waals surface area contributed by atoms with E-state index in [1.165, 1.54) is 0 Å². The molecule has 1 atom stereocenters. The molecule has 8 heteroatoms. The van der Waals surface area contributed by atoms with E-state index in [1.54, 1.807) is 20.4 Å². The number of aromatic nitrogens is 2. The van der Waals surface area contributed by atoms with E-state index in [9.17, 15) is 14.7 Å². The smallest absolute Gasteiger partial charge is 0.405 e. The highest BCUT2D eigenvalue weighted by molar-refractivity contribution is 5.87. The Balaban J connectivity index is 1.70. The van der Waals surface area contributed by atoms with Crippen molar-refractivity contribution in [1.29, 1.82) is 0 Å². The Labute approximate surface area is 181 Å². The molecule has 1 heterocycles. The second-order valence-electron chi connectivity index (χ2n) is 7.38. The van der Waals surface area contributed by atoms with E-state index in [4.69, 9.17) is 4.74 Å². The number of aromatic amines is 1. The van der Waals surface area contributed by atoms with E-state index in [0.717, 1.165) is 47.0 Å². The van der Waals surface area contributed by atoms with Gasteiger partial charge in [-0.15, -0.1) is 0 Å². The van der Waals surface area contributed by atoms with Crippen LogP contribution in [-0.4, -0.2) is 41.2 Å². The van der Waals surface area contributed by atoms with Crippen LogP contribution in [0.2, 0.25) is 0 Å². The molecule has 0 spiro atoms. The lowest BCUT2D eigenvalue weighted by Gasteiger charge is -2.14. The molecule has 2 aromatic carbocycles. The molecule has 0 saturated heterocycles. The molecule has 2 amide bonds. The summed E-state index contributed by atoms with van der Waals surface area (Å²) in [5.41, 5.74) is 1.79. The Morgan fingerprint density at radius 3 is 2.65 bits per heavy atom. The monoisotopic (exact) mass is 424 g/mol. The number of benzene rings is 2. The number of hydrogen-bond donors (Lipinski definition) is 4. The topological polar surface area (TPSA) is 116 Å². The van der Waals surface area contributed by atoms with Crippen molar-refractivity contribution >= 4 is 22.8 Å². The van der Waals surface area contributed by atoms with Gasteiger partial charge >= 0.3 is 6.09 Å². The maximum atomic E-state index is 11.3. The van der Waals surface area contributed by atoms with E-state index in [2.05, 4.69) is 26.7 Å². The first-order valence-electron chi connectivity index (χ1n) is 10.3. The van der Waals surface area contributed by atoms with E-state index >= 15 is 0 Å². The lowest BCUT2D eigenvalue weighted by Crippen LogP contribution is -2.27. The van der Waals surface area contributed by atoms with Gasteiger partial charge in [0.05, 0.1) is 25.0 Å². The molecule has 0 aliphatic rings. The first-order chi connectivity index (χ1) is 15.0. The van der Waals surface area contributed by atoms with Gasteiger partial charge in [-0.25, -0.2) is 9.78 Å². The third-order valence-corrected chi connectivity index (χ3v) is 5.26. The van der Waals surface area contributed by atoms with Crippen LogP contribution in [0.15, 0.2) is 42.6 Å². The summed E-state index contributed by atoms with van der Waals surface area (Å²) in [4.78, 5) is 30.3. The van der Waals surface area contributed by atoms with Gasteiger partial charge in [-0.1, -0.05) is 31.0 Å². The van der Waals surface area contributed by atoms with Crippen molar-refractivity contribution in [1.82, 2.24) is 20.6 Å². The zero-order valence-electron chi connectivity index (χ0n) is 17.8. The molecule has 0 bridgehead atoms. The fourth-order valence-corrected chi connectivity index (χ4v) is 3.54. The summed E-state index contributed by atoms with van der Waals surface area (Å²) in [5, 5.41) is 16.5. The Bertz CT molecular complexity index is 1050. The minimum absolute atomic E-state index is 0.0183. The van der Waals surface area contributed by atoms with Gasteiger partial charge in [-0.3, -0.25) is 4.79 Å². The van der Waals surface area contributed by atoms with Gasteiger partial charge in [-0.2, -0.15) is 0 Å². The van der Waals surface area contributed by atoms with Crippen LogP contribution >= 0.6 is 0 Å². The number of hydrogen-bond acceptors (Lipinski definition) is 4. The zero-order chi connectivity index (χ0) is 22.2. The Morgan fingerprint density at radius 1 is 1.13 bits per heavy atom. The predicted octanol–water partition coefficient (Wildman–Crippen LogP) is 4.24. The van der Waals surface area contributed by atoms with E-state index in [0.29, 0.717) is 18.7 Å². The minimum Gasteiger partial charge on any atom is -0.497 e. The number of methoxy groups -OCH3 is 1. The summed E-state index contributed by atoms with van der Waals surface area (Å²) < 4.78 is 5.27. The van der Waals surface area contributed by atoms with E-state index in [-0.39, 0.29) is 5.91 Å². The maximum Gasteiger partial charge on any atom is 0.405 e. The number of carbonyl (C=O) groups excluding carboxylic acids is 1. The molecule has 0 saturated carbocycles. The number of carbonyl (C=O) groups is 2. The highest BCUT2D eigenvalue weighted by atomic mass is 16.5. The number of amides is 2. The predicted molar refractivity (Wildman–Crippen MR) is 119 cm³/mol. The first kappa shape index (κ1) is 22.1. The van der Waals surface area contributed by atoms with Crippen LogP contribution in [0.5, 0.6) is 5.75 Å². The van der Waals surface area contributed by atoms with Gasteiger partial charge in [0.15, 0.2) is 0 Å². The van der Waals surface area contributed by atoms with Crippen LogP contribution in [0.25, 0.3) is 22.0 Å². The molecule has 8 nitrogen and oxygen atoms in total. The normalized spacial score (nSPS) is 11.8. The molecule has 0 aliphatic carbocycles. The largest absolute Gasteiger partial charge is 0.497 e. The molecular formula is C23H28N4O4. The molecule has 0 fully saturated rings. The Kier molecular flexibility index (Phi) is 7.48. The van der Waals surface area contributed by atoms with Crippen molar-refractivity contribution in [3.63, 3.8) is 0 Å². The standard InChI is InChI=1S/C23H28N4O4/c1-24-21(28)7-5-3-4-6-19(27-23(29)30)22-25-14-20(26-22)17-9-8-16-13-18(31-2)11-10-15(16)12-17/h8-14,19,27H,3-7H2,1-2H3,(H,24,28)(H,25,26)(H,29,30). The molecule has 0 radical (unpaired) electrons. The second-order valence-corrected chi connectivity index (χ2v) is 7.38. The summed E-state index contributed by atoms with van der Waals surface area (Å²) >= 11 is 0. The lowest BCUT2D eigenvalue weighted by atomic mass is 10.0. The third kappa shape index (κ3) is 5.97. The summed E-state index contributed by atoms with van der Waals surface area (Å²) in [6.45, 7) is 0. The first-order valence-corrected chi connectivity index (χ1v) is 10.3. The van der Waals surface area contributed by atoms with Crippen LogP contribution in [0.4, 0.5) is 4.79 Å². The summed E-state index contributed by atoms with van der Waals surface area (Å²) in [6.07, 6.45) is 4.11. The fourth-order valence-electron chi connectivity index (χ4n) is 3.54. The van der Waals surface area contributed by atoms with Crippen molar-refractivity contribution in [2.75, 3.05) is 14.2 Å². The number of nitrogens with one attached hydrogen (secondary N) is 3. The Hall–Kier alpha value is -3.55. The zero-order valence-corrected chi connectivity index (χ0v) is 17.8.